The molecule has 1 heterocycles. The Kier molecular flexibility index (Phi) is 5.60. The van der Waals surface area contributed by atoms with Crippen molar-refractivity contribution in [2.45, 2.75) is 26.1 Å². The lowest BCUT2D eigenvalue weighted by molar-refractivity contribution is -0.141. The molecule has 0 saturated heterocycles. The number of nitrogens with zero attached hydrogens (tertiary/aromatic N) is 2. The molecule has 6 nitrogen and oxygen atoms in total. The van der Waals surface area contributed by atoms with Gasteiger partial charge < -0.3 is 9.47 Å². The molecule has 0 atom stereocenters. The van der Waals surface area contributed by atoms with Gasteiger partial charge in [-0.1, -0.05) is 11.6 Å². The van der Waals surface area contributed by atoms with Crippen LogP contribution in [-0.4, -0.2) is 28.7 Å². The van der Waals surface area contributed by atoms with Gasteiger partial charge in [-0.15, -0.1) is 0 Å². The van der Waals surface area contributed by atoms with Crippen LogP contribution < -0.4 is 10.3 Å². The van der Waals surface area contributed by atoms with E-state index in [4.69, 9.17) is 21.1 Å². The number of benzene rings is 1. The van der Waals surface area contributed by atoms with E-state index in [1.807, 2.05) is 0 Å². The molecule has 0 radical (unpaired) electrons. The maximum atomic E-state index is 12.8. The number of hydrogen-bond donors (Lipinski definition) is 0. The predicted octanol–water partition coefficient (Wildman–Crippen LogP) is 3.48. The van der Waals surface area contributed by atoms with Crippen LogP contribution in [0, 0.1) is 0 Å². The van der Waals surface area contributed by atoms with E-state index in [1.165, 1.54) is 18.2 Å². The number of esters is 1. The molecule has 1 aromatic carbocycles. The van der Waals surface area contributed by atoms with Gasteiger partial charge in [0, 0.05) is 6.07 Å². The van der Waals surface area contributed by atoms with Gasteiger partial charge in [0.25, 0.3) is 5.56 Å². The maximum absolute atomic E-state index is 12.8. The molecular formula is C16H14ClF3N2O4. The van der Waals surface area contributed by atoms with E-state index >= 15 is 0 Å². The molecule has 0 spiro atoms. The summed E-state index contributed by atoms with van der Waals surface area (Å²) < 4.78 is 49.1. The molecule has 0 N–H and O–H groups in total. The average Bonchev–Trinajstić information content (AvgIpc) is 2.53. The van der Waals surface area contributed by atoms with E-state index in [9.17, 15) is 22.8 Å². The maximum Gasteiger partial charge on any atom is 0.433 e. The Morgan fingerprint density at radius 3 is 2.46 bits per heavy atom. The Morgan fingerprint density at radius 2 is 1.92 bits per heavy atom. The summed E-state index contributed by atoms with van der Waals surface area (Å²) in [4.78, 5) is 27.6. The Balaban J connectivity index is 2.62. The minimum atomic E-state index is -4.81. The zero-order chi connectivity index (χ0) is 19.6. The highest BCUT2D eigenvalue weighted by Crippen LogP contribution is 2.29. The molecular weight excluding hydrogens is 377 g/mol. The van der Waals surface area contributed by atoms with Crippen molar-refractivity contribution in [2.75, 3.05) is 7.11 Å². The molecule has 0 amide bonds. The minimum Gasteiger partial charge on any atom is -0.468 e. The molecule has 140 valence electrons. The number of rotatable bonds is 4. The van der Waals surface area contributed by atoms with Gasteiger partial charge in [0.2, 0.25) is 0 Å². The first-order chi connectivity index (χ1) is 12.0. The van der Waals surface area contributed by atoms with Crippen LogP contribution in [0.25, 0.3) is 5.69 Å². The van der Waals surface area contributed by atoms with Crippen molar-refractivity contribution in [3.63, 3.8) is 0 Å². The third kappa shape index (κ3) is 4.16. The van der Waals surface area contributed by atoms with Crippen LogP contribution in [0.3, 0.4) is 0 Å². The van der Waals surface area contributed by atoms with E-state index in [1.54, 1.807) is 13.8 Å². The number of ether oxygens (including phenoxy) is 2. The SMILES string of the molecule is COc1nc(C(F)(F)F)cc(=O)n1-c1ccc(Cl)c(C(=O)OC(C)C)c1. The van der Waals surface area contributed by atoms with Crippen molar-refractivity contribution in [1.29, 1.82) is 0 Å². The summed E-state index contributed by atoms with van der Waals surface area (Å²) in [5.74, 6) is -0.737. The van der Waals surface area contributed by atoms with E-state index in [-0.39, 0.29) is 16.3 Å². The van der Waals surface area contributed by atoms with Crippen molar-refractivity contribution in [1.82, 2.24) is 9.55 Å². The second kappa shape index (κ2) is 7.36. The van der Waals surface area contributed by atoms with Crippen molar-refractivity contribution >= 4 is 17.6 Å². The third-order valence-corrected chi connectivity index (χ3v) is 3.46. The Hall–Kier alpha value is -2.55. The number of carbonyl (C=O) groups excluding carboxylic acids is 1. The van der Waals surface area contributed by atoms with E-state index < -0.39 is 35.5 Å². The topological polar surface area (TPSA) is 70.4 Å². The number of aromatic nitrogens is 2. The predicted molar refractivity (Wildman–Crippen MR) is 86.9 cm³/mol. The molecule has 0 unspecified atom stereocenters. The highest BCUT2D eigenvalue weighted by atomic mass is 35.5. The monoisotopic (exact) mass is 390 g/mol. The fourth-order valence-corrected chi connectivity index (χ4v) is 2.26. The zero-order valence-corrected chi connectivity index (χ0v) is 14.7. The molecule has 0 bridgehead atoms. The zero-order valence-electron chi connectivity index (χ0n) is 13.9. The number of hydrogen-bond acceptors (Lipinski definition) is 5. The van der Waals surface area contributed by atoms with Crippen LogP contribution in [0.5, 0.6) is 6.01 Å². The summed E-state index contributed by atoms with van der Waals surface area (Å²) in [7, 11) is 1.07. The van der Waals surface area contributed by atoms with Crippen LogP contribution in [0.2, 0.25) is 5.02 Å². The van der Waals surface area contributed by atoms with Crippen molar-refractivity contribution in [2.24, 2.45) is 0 Å². The van der Waals surface area contributed by atoms with Gasteiger partial charge in [0.15, 0.2) is 5.69 Å². The van der Waals surface area contributed by atoms with Gasteiger partial charge in [0.1, 0.15) is 0 Å². The lowest BCUT2D eigenvalue weighted by Gasteiger charge is -2.15. The van der Waals surface area contributed by atoms with Crippen LogP contribution in [0.15, 0.2) is 29.1 Å². The summed E-state index contributed by atoms with van der Waals surface area (Å²) in [6, 6.07) is 3.62. The summed E-state index contributed by atoms with van der Waals surface area (Å²) in [5, 5.41) is 0.0614. The second-order valence-electron chi connectivity index (χ2n) is 5.42. The van der Waals surface area contributed by atoms with Crippen LogP contribution >= 0.6 is 11.6 Å². The molecule has 26 heavy (non-hydrogen) atoms. The smallest absolute Gasteiger partial charge is 0.433 e. The number of carbonyl (C=O) groups is 1. The summed E-state index contributed by atoms with van der Waals surface area (Å²) in [6.45, 7) is 3.28. The van der Waals surface area contributed by atoms with Gasteiger partial charge in [-0.05, 0) is 32.0 Å². The third-order valence-electron chi connectivity index (χ3n) is 3.13. The van der Waals surface area contributed by atoms with Crippen LogP contribution in [0.1, 0.15) is 29.9 Å². The van der Waals surface area contributed by atoms with Crippen LogP contribution in [-0.2, 0) is 10.9 Å². The Morgan fingerprint density at radius 1 is 1.27 bits per heavy atom. The lowest BCUT2D eigenvalue weighted by Crippen LogP contribution is -2.25. The summed E-state index contributed by atoms with van der Waals surface area (Å²) >= 11 is 5.98. The number of halogens is 4. The molecule has 0 aliphatic carbocycles. The first kappa shape index (κ1) is 19.8. The number of alkyl halides is 3. The lowest BCUT2D eigenvalue weighted by atomic mass is 10.2. The molecule has 0 aliphatic heterocycles. The standard InChI is InChI=1S/C16H14ClF3N2O4/c1-8(2)26-14(24)10-6-9(4-5-11(10)17)22-13(23)7-12(16(18,19)20)21-15(22)25-3/h4-8H,1-3H3. The fourth-order valence-electron chi connectivity index (χ4n) is 2.07. The molecule has 0 saturated carbocycles. The minimum absolute atomic E-state index is 0.0492. The van der Waals surface area contributed by atoms with Gasteiger partial charge in [0.05, 0.1) is 29.5 Å². The molecule has 2 rings (SSSR count). The molecule has 0 aliphatic rings. The van der Waals surface area contributed by atoms with Gasteiger partial charge in [-0.25, -0.2) is 9.36 Å². The second-order valence-corrected chi connectivity index (χ2v) is 5.82. The Bertz CT molecular complexity index is 894. The largest absolute Gasteiger partial charge is 0.468 e. The fraction of sp³-hybridized carbons (Fsp3) is 0.312. The molecule has 10 heteroatoms. The highest BCUT2D eigenvalue weighted by molar-refractivity contribution is 6.33. The van der Waals surface area contributed by atoms with Gasteiger partial charge in [-0.3, -0.25) is 4.79 Å². The summed E-state index contributed by atoms with van der Waals surface area (Å²) in [6.07, 6.45) is -5.22. The number of methoxy groups -OCH3 is 1. The van der Waals surface area contributed by atoms with Crippen molar-refractivity contribution in [3.8, 4) is 11.7 Å². The van der Waals surface area contributed by atoms with E-state index in [0.29, 0.717) is 6.07 Å². The van der Waals surface area contributed by atoms with Crippen molar-refractivity contribution < 1.29 is 27.4 Å². The summed E-state index contributed by atoms with van der Waals surface area (Å²) in [5.41, 5.74) is -2.42. The van der Waals surface area contributed by atoms with Gasteiger partial charge in [-0.2, -0.15) is 18.2 Å². The van der Waals surface area contributed by atoms with Crippen LogP contribution in [0.4, 0.5) is 13.2 Å². The molecule has 0 fully saturated rings. The van der Waals surface area contributed by atoms with Crippen molar-refractivity contribution in [3.05, 3.63) is 50.9 Å². The Labute approximate surface area is 151 Å². The van der Waals surface area contributed by atoms with E-state index in [2.05, 4.69) is 4.98 Å². The molecule has 2 aromatic rings. The van der Waals surface area contributed by atoms with Gasteiger partial charge >= 0.3 is 18.2 Å². The average molecular weight is 391 g/mol. The first-order valence-corrected chi connectivity index (χ1v) is 7.68. The highest BCUT2D eigenvalue weighted by Gasteiger charge is 2.34. The quantitative estimate of drug-likeness (QED) is 0.747. The normalized spacial score (nSPS) is 11.5. The molecule has 1 aromatic heterocycles. The first-order valence-electron chi connectivity index (χ1n) is 7.30. The van der Waals surface area contributed by atoms with E-state index in [0.717, 1.165) is 11.7 Å².